The fourth-order valence-electron chi connectivity index (χ4n) is 3.56. The molecule has 0 saturated heterocycles. The zero-order valence-corrected chi connectivity index (χ0v) is 20.7. The summed E-state index contributed by atoms with van der Waals surface area (Å²) in [5, 5.41) is 12.1. The molecule has 34 heavy (non-hydrogen) atoms. The Morgan fingerprint density at radius 2 is 1.59 bits per heavy atom. The number of hydrogen-bond donors (Lipinski definition) is 1. The molecular formula is C25H24N4O3S2. The Morgan fingerprint density at radius 1 is 0.941 bits per heavy atom. The molecule has 0 aliphatic rings. The quantitative estimate of drug-likeness (QED) is 0.390. The smallest absolute Gasteiger partial charge is 0.257 e. The number of amides is 1. The topological polar surface area (TPSA) is 92.3 Å². The van der Waals surface area contributed by atoms with Crippen LogP contribution in [0, 0.1) is 13.8 Å². The third-order valence-electron chi connectivity index (χ3n) is 5.10. The molecule has 7 nitrogen and oxygen atoms in total. The van der Waals surface area contributed by atoms with Crippen molar-refractivity contribution >= 4 is 38.1 Å². The van der Waals surface area contributed by atoms with E-state index in [1.807, 2.05) is 62.4 Å². The molecule has 0 aliphatic carbocycles. The van der Waals surface area contributed by atoms with Crippen molar-refractivity contribution in [3.8, 4) is 10.6 Å². The van der Waals surface area contributed by atoms with Crippen molar-refractivity contribution in [2.75, 3.05) is 15.9 Å². The van der Waals surface area contributed by atoms with E-state index in [0.717, 1.165) is 27.3 Å². The predicted molar refractivity (Wildman–Crippen MR) is 137 cm³/mol. The number of carbonyl (C=O) groups is 1. The molecule has 1 N–H and O–H groups in total. The highest BCUT2D eigenvalue weighted by atomic mass is 32.2. The van der Waals surface area contributed by atoms with Crippen LogP contribution in [0.2, 0.25) is 0 Å². The summed E-state index contributed by atoms with van der Waals surface area (Å²) < 4.78 is 26.4. The van der Waals surface area contributed by atoms with Gasteiger partial charge in [-0.3, -0.25) is 14.4 Å². The summed E-state index contributed by atoms with van der Waals surface area (Å²) in [7, 11) is -3.50. The summed E-state index contributed by atoms with van der Waals surface area (Å²) >= 11 is 1.30. The second kappa shape index (κ2) is 9.74. The summed E-state index contributed by atoms with van der Waals surface area (Å²) in [6, 6.07) is 22.2. The molecule has 0 radical (unpaired) electrons. The highest BCUT2D eigenvalue weighted by Crippen LogP contribution is 2.27. The number of carbonyl (C=O) groups excluding carboxylic acids is 1. The normalized spacial score (nSPS) is 11.3. The average Bonchev–Trinajstić information content (AvgIpc) is 3.25. The van der Waals surface area contributed by atoms with Gasteiger partial charge < -0.3 is 0 Å². The molecule has 0 fully saturated rings. The third kappa shape index (κ3) is 5.67. The molecule has 0 spiro atoms. The number of aromatic nitrogens is 2. The average molecular weight is 493 g/mol. The predicted octanol–water partition coefficient (Wildman–Crippen LogP) is 5.04. The van der Waals surface area contributed by atoms with Crippen LogP contribution in [0.1, 0.15) is 27.0 Å². The van der Waals surface area contributed by atoms with Gasteiger partial charge in [-0.1, -0.05) is 59.9 Å². The number of hydrogen-bond acceptors (Lipinski definition) is 6. The molecular weight excluding hydrogens is 468 g/mol. The van der Waals surface area contributed by atoms with Gasteiger partial charge in [0.2, 0.25) is 15.2 Å². The van der Waals surface area contributed by atoms with Gasteiger partial charge in [0, 0.05) is 11.1 Å². The van der Waals surface area contributed by atoms with Gasteiger partial charge in [-0.15, -0.1) is 10.2 Å². The number of nitrogens with one attached hydrogen (secondary N) is 1. The van der Waals surface area contributed by atoms with Crippen LogP contribution in [0.25, 0.3) is 10.6 Å². The molecule has 3 aromatic carbocycles. The Balaban J connectivity index is 1.48. The van der Waals surface area contributed by atoms with E-state index in [1.54, 1.807) is 24.3 Å². The monoisotopic (exact) mass is 492 g/mol. The largest absolute Gasteiger partial charge is 0.296 e. The standard InChI is InChI=1S/C25H24N4O3S2/c1-17-13-18(2)15-22(14-17)29(34(3,31)32)16-19-9-11-20(12-10-19)23(30)26-25-28-27-24(33-25)21-7-5-4-6-8-21/h4-15H,16H2,1-3H3,(H,26,28,30). The Kier molecular flexibility index (Phi) is 6.76. The van der Waals surface area contributed by atoms with Gasteiger partial charge in [0.15, 0.2) is 0 Å². The lowest BCUT2D eigenvalue weighted by molar-refractivity contribution is 0.102. The lowest BCUT2D eigenvalue weighted by atomic mass is 10.1. The van der Waals surface area contributed by atoms with Gasteiger partial charge in [-0.2, -0.15) is 0 Å². The molecule has 4 rings (SSSR count). The van der Waals surface area contributed by atoms with Crippen molar-refractivity contribution in [1.29, 1.82) is 0 Å². The lowest BCUT2D eigenvalue weighted by Crippen LogP contribution is -2.29. The van der Waals surface area contributed by atoms with Gasteiger partial charge >= 0.3 is 0 Å². The van der Waals surface area contributed by atoms with E-state index in [4.69, 9.17) is 0 Å². The Labute approximate surface area is 203 Å². The zero-order chi connectivity index (χ0) is 24.3. The van der Waals surface area contributed by atoms with Gasteiger partial charge in [-0.05, 0) is 54.8 Å². The summed E-state index contributed by atoms with van der Waals surface area (Å²) in [5.41, 5.74) is 4.74. The number of rotatable bonds is 7. The Morgan fingerprint density at radius 3 is 2.21 bits per heavy atom. The molecule has 0 atom stereocenters. The van der Waals surface area contributed by atoms with Crippen LogP contribution >= 0.6 is 11.3 Å². The van der Waals surface area contributed by atoms with E-state index in [1.165, 1.54) is 21.9 Å². The van der Waals surface area contributed by atoms with Crippen LogP contribution in [0.3, 0.4) is 0 Å². The second-order valence-corrected chi connectivity index (χ2v) is 10.9. The van der Waals surface area contributed by atoms with Crippen molar-refractivity contribution in [3.63, 3.8) is 0 Å². The molecule has 1 aromatic heterocycles. The van der Waals surface area contributed by atoms with Crippen LogP contribution in [0.5, 0.6) is 0 Å². The van der Waals surface area contributed by atoms with Crippen LogP contribution in [-0.2, 0) is 16.6 Å². The molecule has 1 amide bonds. The van der Waals surface area contributed by atoms with E-state index >= 15 is 0 Å². The minimum atomic E-state index is -3.50. The van der Waals surface area contributed by atoms with E-state index in [9.17, 15) is 13.2 Å². The molecule has 0 unspecified atom stereocenters. The number of nitrogens with zero attached hydrogens (tertiary/aromatic N) is 3. The molecule has 4 aromatic rings. The number of anilines is 2. The van der Waals surface area contributed by atoms with Crippen molar-refractivity contribution in [3.05, 3.63) is 95.1 Å². The van der Waals surface area contributed by atoms with Crippen molar-refractivity contribution < 1.29 is 13.2 Å². The Bertz CT molecular complexity index is 1400. The molecule has 0 bridgehead atoms. The van der Waals surface area contributed by atoms with Crippen LogP contribution in [0.4, 0.5) is 10.8 Å². The first-order chi connectivity index (χ1) is 16.2. The maximum atomic E-state index is 12.7. The van der Waals surface area contributed by atoms with Crippen LogP contribution in [0.15, 0.2) is 72.8 Å². The number of aryl methyl sites for hydroxylation is 2. The molecule has 9 heteroatoms. The first kappa shape index (κ1) is 23.6. The molecule has 1 heterocycles. The summed E-state index contributed by atoms with van der Waals surface area (Å²) in [4.78, 5) is 12.7. The van der Waals surface area contributed by atoms with Crippen molar-refractivity contribution in [2.24, 2.45) is 0 Å². The van der Waals surface area contributed by atoms with Crippen molar-refractivity contribution in [1.82, 2.24) is 10.2 Å². The number of benzene rings is 3. The van der Waals surface area contributed by atoms with Gasteiger partial charge in [0.05, 0.1) is 18.5 Å². The minimum Gasteiger partial charge on any atom is -0.296 e. The fraction of sp³-hybridized carbons (Fsp3) is 0.160. The van der Waals surface area contributed by atoms with E-state index in [2.05, 4.69) is 15.5 Å². The highest BCUT2D eigenvalue weighted by molar-refractivity contribution is 7.92. The van der Waals surface area contributed by atoms with E-state index < -0.39 is 10.0 Å². The number of sulfonamides is 1. The minimum absolute atomic E-state index is 0.167. The van der Waals surface area contributed by atoms with E-state index in [0.29, 0.717) is 16.4 Å². The van der Waals surface area contributed by atoms with E-state index in [-0.39, 0.29) is 12.5 Å². The maximum Gasteiger partial charge on any atom is 0.257 e. The third-order valence-corrected chi connectivity index (χ3v) is 7.13. The lowest BCUT2D eigenvalue weighted by Gasteiger charge is -2.23. The summed E-state index contributed by atoms with van der Waals surface area (Å²) in [6.45, 7) is 4.04. The molecule has 0 aliphatic heterocycles. The highest BCUT2D eigenvalue weighted by Gasteiger charge is 2.19. The maximum absolute atomic E-state index is 12.7. The first-order valence-electron chi connectivity index (χ1n) is 10.5. The van der Waals surface area contributed by atoms with Gasteiger partial charge in [-0.25, -0.2) is 8.42 Å². The Hall–Kier alpha value is -3.56. The fourth-order valence-corrected chi connectivity index (χ4v) is 5.18. The van der Waals surface area contributed by atoms with Crippen LogP contribution < -0.4 is 9.62 Å². The molecule has 0 saturated carbocycles. The SMILES string of the molecule is Cc1cc(C)cc(N(Cc2ccc(C(=O)Nc3nnc(-c4ccccc4)s3)cc2)S(C)(=O)=O)c1. The zero-order valence-electron chi connectivity index (χ0n) is 19.0. The first-order valence-corrected chi connectivity index (χ1v) is 13.2. The second-order valence-electron chi connectivity index (χ2n) is 8.04. The summed E-state index contributed by atoms with van der Waals surface area (Å²) in [6.07, 6.45) is 1.19. The molecule has 174 valence electrons. The van der Waals surface area contributed by atoms with Gasteiger partial charge in [0.1, 0.15) is 5.01 Å². The summed E-state index contributed by atoms with van der Waals surface area (Å²) in [5.74, 6) is -0.309. The van der Waals surface area contributed by atoms with Crippen molar-refractivity contribution in [2.45, 2.75) is 20.4 Å². The van der Waals surface area contributed by atoms with Crippen LogP contribution in [-0.4, -0.2) is 30.8 Å². The van der Waals surface area contributed by atoms with Gasteiger partial charge in [0.25, 0.3) is 5.91 Å².